The molecule has 2 amide bonds. The Morgan fingerprint density at radius 2 is 1.75 bits per heavy atom. The zero-order valence-electron chi connectivity index (χ0n) is 15.4. The first kappa shape index (κ1) is 16.0. The summed E-state index contributed by atoms with van der Waals surface area (Å²) in [4.78, 5) is 26.1. The Morgan fingerprint density at radius 1 is 1.07 bits per heavy atom. The second-order valence-electron chi connectivity index (χ2n) is 8.43. The van der Waals surface area contributed by atoms with Crippen LogP contribution in [0, 0.1) is 35.5 Å². The van der Waals surface area contributed by atoms with Crippen molar-refractivity contribution in [3.05, 3.63) is 60.8 Å². The summed E-state index contributed by atoms with van der Waals surface area (Å²) in [6, 6.07) is 8.05. The van der Waals surface area contributed by atoms with E-state index in [2.05, 4.69) is 28.4 Å². The summed E-state index contributed by atoms with van der Waals surface area (Å²) in [6.07, 6.45) is 11.0. The number of fused-ring (bicyclic) bond motifs is 1. The van der Waals surface area contributed by atoms with Crippen molar-refractivity contribution in [1.82, 2.24) is 9.58 Å². The third kappa shape index (κ3) is 1.99. The van der Waals surface area contributed by atoms with Gasteiger partial charge in [-0.15, -0.1) is 6.58 Å². The SMILES string of the molecule is C=CCn1cc(/C=N\N2C(=O)[C@@H]3[C@H]4C=C[C@@H]([C@@H]5C[C@H]45)[C@@H]3C2=O)c2ccccc21. The Kier molecular flexibility index (Phi) is 3.17. The van der Waals surface area contributed by atoms with Crippen LogP contribution in [0.5, 0.6) is 0 Å². The van der Waals surface area contributed by atoms with Crippen molar-refractivity contribution in [2.45, 2.75) is 13.0 Å². The molecule has 1 aromatic heterocycles. The third-order valence-electron chi connectivity index (χ3n) is 7.10. The molecule has 2 saturated carbocycles. The number of hydrazone groups is 1. The molecule has 2 bridgehead atoms. The molecule has 7 rings (SSSR count). The number of hydrogen-bond donors (Lipinski definition) is 0. The Balaban J connectivity index is 1.34. The van der Waals surface area contributed by atoms with Gasteiger partial charge in [0.15, 0.2) is 0 Å². The first-order valence-electron chi connectivity index (χ1n) is 9.98. The van der Waals surface area contributed by atoms with Crippen molar-refractivity contribution in [2.75, 3.05) is 0 Å². The summed E-state index contributed by atoms with van der Waals surface area (Å²) in [5.41, 5.74) is 1.98. The van der Waals surface area contributed by atoms with Crippen molar-refractivity contribution in [3.8, 4) is 0 Å². The molecule has 5 aliphatic rings. The molecule has 0 spiro atoms. The number of rotatable bonds is 4. The van der Waals surface area contributed by atoms with Crippen LogP contribution in [-0.4, -0.2) is 27.6 Å². The van der Waals surface area contributed by atoms with E-state index >= 15 is 0 Å². The van der Waals surface area contributed by atoms with E-state index in [1.807, 2.05) is 36.5 Å². The number of nitrogens with zero attached hydrogens (tertiary/aromatic N) is 3. The van der Waals surface area contributed by atoms with Gasteiger partial charge >= 0.3 is 0 Å². The van der Waals surface area contributed by atoms with Gasteiger partial charge in [-0.1, -0.05) is 36.4 Å². The first-order valence-corrected chi connectivity index (χ1v) is 9.98. The second-order valence-corrected chi connectivity index (χ2v) is 8.43. The van der Waals surface area contributed by atoms with E-state index in [0.717, 1.165) is 21.5 Å². The van der Waals surface area contributed by atoms with Crippen LogP contribution >= 0.6 is 0 Å². The maximum atomic E-state index is 13.0. The fraction of sp³-hybridized carbons (Fsp3) is 0.348. The molecule has 1 saturated heterocycles. The zero-order chi connectivity index (χ0) is 19.0. The molecule has 5 heteroatoms. The molecule has 0 radical (unpaired) electrons. The van der Waals surface area contributed by atoms with E-state index in [9.17, 15) is 9.59 Å². The van der Waals surface area contributed by atoms with Crippen molar-refractivity contribution in [2.24, 2.45) is 40.6 Å². The topological polar surface area (TPSA) is 54.7 Å². The number of aromatic nitrogens is 1. The minimum atomic E-state index is -0.203. The summed E-state index contributed by atoms with van der Waals surface area (Å²) in [5, 5.41) is 6.58. The fourth-order valence-corrected chi connectivity index (χ4v) is 5.84. The lowest BCUT2D eigenvalue weighted by molar-refractivity contribution is -0.140. The zero-order valence-corrected chi connectivity index (χ0v) is 15.4. The number of hydrogen-bond acceptors (Lipinski definition) is 3. The fourth-order valence-electron chi connectivity index (χ4n) is 5.84. The van der Waals surface area contributed by atoms with Crippen LogP contribution in [0.4, 0.5) is 0 Å². The molecule has 0 N–H and O–H groups in total. The van der Waals surface area contributed by atoms with Gasteiger partial charge in [0, 0.05) is 29.2 Å². The average Bonchev–Trinajstić information content (AvgIpc) is 3.42. The molecule has 0 unspecified atom stereocenters. The third-order valence-corrected chi connectivity index (χ3v) is 7.10. The molecule has 3 fully saturated rings. The lowest BCUT2D eigenvalue weighted by Crippen LogP contribution is -2.40. The maximum Gasteiger partial charge on any atom is 0.254 e. The summed E-state index contributed by atoms with van der Waals surface area (Å²) < 4.78 is 2.09. The quantitative estimate of drug-likeness (QED) is 0.471. The van der Waals surface area contributed by atoms with Gasteiger partial charge in [0.25, 0.3) is 11.8 Å². The van der Waals surface area contributed by atoms with E-state index in [0.29, 0.717) is 18.4 Å². The Labute approximate surface area is 163 Å². The highest BCUT2D eigenvalue weighted by Gasteiger charge is 2.67. The summed E-state index contributed by atoms with van der Waals surface area (Å²) in [5.74, 6) is 1.02. The molecule has 6 atom stereocenters. The van der Waals surface area contributed by atoms with Gasteiger partial charge in [-0.25, -0.2) is 0 Å². The molecule has 1 aromatic carbocycles. The van der Waals surface area contributed by atoms with Gasteiger partial charge in [-0.3, -0.25) is 9.59 Å². The summed E-state index contributed by atoms with van der Waals surface area (Å²) in [7, 11) is 0. The van der Waals surface area contributed by atoms with Crippen LogP contribution in [-0.2, 0) is 16.1 Å². The molecular weight excluding hydrogens is 350 g/mol. The predicted molar refractivity (Wildman–Crippen MR) is 106 cm³/mol. The van der Waals surface area contributed by atoms with Crippen LogP contribution in [0.2, 0.25) is 0 Å². The average molecular weight is 371 g/mol. The van der Waals surface area contributed by atoms with Gasteiger partial charge in [0.05, 0.1) is 18.1 Å². The summed E-state index contributed by atoms with van der Waals surface area (Å²) in [6.45, 7) is 4.51. The van der Waals surface area contributed by atoms with Crippen molar-refractivity contribution in [1.29, 1.82) is 0 Å². The smallest absolute Gasteiger partial charge is 0.254 e. The lowest BCUT2D eigenvalue weighted by Gasteiger charge is -2.37. The Morgan fingerprint density at radius 3 is 2.43 bits per heavy atom. The van der Waals surface area contributed by atoms with Crippen molar-refractivity contribution in [3.63, 3.8) is 0 Å². The number of allylic oxidation sites excluding steroid dienone is 3. The van der Waals surface area contributed by atoms with Crippen molar-refractivity contribution >= 4 is 28.9 Å². The number of amides is 2. The van der Waals surface area contributed by atoms with Crippen LogP contribution in [0.25, 0.3) is 10.9 Å². The monoisotopic (exact) mass is 371 g/mol. The summed E-state index contributed by atoms with van der Waals surface area (Å²) >= 11 is 0. The van der Waals surface area contributed by atoms with Gasteiger partial charge in [0.2, 0.25) is 0 Å². The minimum Gasteiger partial charge on any atom is -0.343 e. The first-order chi connectivity index (χ1) is 13.7. The Bertz CT molecular complexity index is 1060. The predicted octanol–water partition coefficient (Wildman–Crippen LogP) is 3.21. The number of imide groups is 1. The second kappa shape index (κ2) is 5.53. The van der Waals surface area contributed by atoms with E-state index in [4.69, 9.17) is 0 Å². The minimum absolute atomic E-state index is 0.120. The van der Waals surface area contributed by atoms with E-state index < -0.39 is 0 Å². The van der Waals surface area contributed by atoms with Gasteiger partial charge in [-0.05, 0) is 36.2 Å². The van der Waals surface area contributed by atoms with Crippen LogP contribution < -0.4 is 0 Å². The van der Waals surface area contributed by atoms with E-state index in [1.54, 1.807) is 6.21 Å². The normalized spacial score (nSPS) is 35.1. The molecule has 140 valence electrons. The molecule has 2 heterocycles. The molecule has 28 heavy (non-hydrogen) atoms. The largest absolute Gasteiger partial charge is 0.343 e. The number of carbonyl (C=O) groups excluding carboxylic acids is 2. The Hall–Kier alpha value is -2.95. The molecule has 5 nitrogen and oxygen atoms in total. The molecule has 1 aliphatic heterocycles. The highest BCUT2D eigenvalue weighted by atomic mass is 16.2. The number of benzene rings is 1. The van der Waals surface area contributed by atoms with Crippen LogP contribution in [0.15, 0.2) is 60.4 Å². The van der Waals surface area contributed by atoms with Gasteiger partial charge in [0.1, 0.15) is 0 Å². The standard InChI is InChI=1S/C23H21N3O2/c1-2-9-25-12-13(14-5-3-4-6-19(14)25)11-24-26-22(27)20-15-7-8-16(18-10-17(15)18)21(20)23(26)28/h2-8,11-12,15-18,20-21H,1,9-10H2/b24-11-/t15-,16-,17-,18+,20-,21+/m0/s1. The molecular formula is C23H21N3O2. The van der Waals surface area contributed by atoms with E-state index in [-0.39, 0.29) is 35.5 Å². The number of carbonyl (C=O) groups is 2. The highest BCUT2D eigenvalue weighted by molar-refractivity contribution is 6.07. The molecule has 4 aliphatic carbocycles. The maximum absolute atomic E-state index is 13.0. The highest BCUT2D eigenvalue weighted by Crippen LogP contribution is 2.65. The van der Waals surface area contributed by atoms with Gasteiger partial charge in [-0.2, -0.15) is 10.1 Å². The number of para-hydroxylation sites is 1. The van der Waals surface area contributed by atoms with Crippen molar-refractivity contribution < 1.29 is 9.59 Å². The van der Waals surface area contributed by atoms with Crippen LogP contribution in [0.3, 0.4) is 0 Å². The van der Waals surface area contributed by atoms with E-state index in [1.165, 1.54) is 6.42 Å². The lowest BCUT2D eigenvalue weighted by atomic mass is 9.63. The van der Waals surface area contributed by atoms with Crippen LogP contribution in [0.1, 0.15) is 12.0 Å². The molecule has 2 aromatic rings. The van der Waals surface area contributed by atoms with Gasteiger partial charge < -0.3 is 4.57 Å².